The SMILES string of the molecule is CNC1CCC(C)CC1Cc1ccc([N+](=O)[O-])cc1Cl. The lowest BCUT2D eigenvalue weighted by Crippen LogP contribution is -2.39. The Labute approximate surface area is 124 Å². The van der Waals surface area contributed by atoms with Crippen molar-refractivity contribution in [2.24, 2.45) is 11.8 Å². The van der Waals surface area contributed by atoms with Crippen LogP contribution in [0.2, 0.25) is 5.02 Å². The van der Waals surface area contributed by atoms with Crippen molar-refractivity contribution in [3.8, 4) is 0 Å². The molecule has 20 heavy (non-hydrogen) atoms. The molecule has 0 aromatic heterocycles. The van der Waals surface area contributed by atoms with Gasteiger partial charge >= 0.3 is 0 Å². The Kier molecular flexibility index (Phi) is 5.00. The quantitative estimate of drug-likeness (QED) is 0.679. The molecule has 0 saturated heterocycles. The molecule has 0 amide bonds. The van der Waals surface area contributed by atoms with Crippen molar-refractivity contribution in [3.63, 3.8) is 0 Å². The number of rotatable bonds is 4. The van der Waals surface area contributed by atoms with Gasteiger partial charge in [-0.25, -0.2) is 0 Å². The summed E-state index contributed by atoms with van der Waals surface area (Å²) >= 11 is 6.20. The molecule has 1 aromatic rings. The van der Waals surface area contributed by atoms with E-state index in [4.69, 9.17) is 11.6 Å². The molecule has 2 rings (SSSR count). The molecule has 0 heterocycles. The third-order valence-electron chi connectivity index (χ3n) is 4.34. The zero-order valence-electron chi connectivity index (χ0n) is 11.9. The molecule has 0 bridgehead atoms. The van der Waals surface area contributed by atoms with Crippen molar-refractivity contribution < 1.29 is 4.92 Å². The zero-order chi connectivity index (χ0) is 14.7. The molecular formula is C15H21ClN2O2. The second-order valence-electron chi connectivity index (χ2n) is 5.81. The number of non-ortho nitro benzene ring substituents is 1. The highest BCUT2D eigenvalue weighted by Crippen LogP contribution is 2.33. The maximum Gasteiger partial charge on any atom is 0.270 e. The molecule has 1 fully saturated rings. The van der Waals surface area contributed by atoms with E-state index in [1.807, 2.05) is 7.05 Å². The minimum atomic E-state index is -0.408. The van der Waals surface area contributed by atoms with Crippen molar-refractivity contribution >= 4 is 17.3 Å². The summed E-state index contributed by atoms with van der Waals surface area (Å²) in [6.45, 7) is 2.29. The third-order valence-corrected chi connectivity index (χ3v) is 4.70. The van der Waals surface area contributed by atoms with Crippen molar-refractivity contribution in [2.75, 3.05) is 7.05 Å². The van der Waals surface area contributed by atoms with E-state index >= 15 is 0 Å². The molecule has 1 aliphatic carbocycles. The molecule has 0 radical (unpaired) electrons. The second kappa shape index (κ2) is 6.55. The molecule has 3 unspecified atom stereocenters. The summed E-state index contributed by atoms with van der Waals surface area (Å²) in [6, 6.07) is 5.31. The summed E-state index contributed by atoms with van der Waals surface area (Å²) in [5, 5.41) is 14.6. The standard InChI is InChI=1S/C15H21ClN2O2/c1-10-3-6-15(17-2)12(7-10)8-11-4-5-13(18(19)20)9-14(11)16/h4-5,9-10,12,15,17H,3,6-8H2,1-2H3. The van der Waals surface area contributed by atoms with Crippen LogP contribution in [0.4, 0.5) is 5.69 Å². The highest BCUT2D eigenvalue weighted by molar-refractivity contribution is 6.31. The van der Waals surface area contributed by atoms with Crippen molar-refractivity contribution in [3.05, 3.63) is 38.9 Å². The van der Waals surface area contributed by atoms with Gasteiger partial charge in [0.2, 0.25) is 0 Å². The number of benzene rings is 1. The topological polar surface area (TPSA) is 55.2 Å². The first kappa shape index (κ1) is 15.3. The molecule has 110 valence electrons. The fourth-order valence-electron chi connectivity index (χ4n) is 3.20. The predicted molar refractivity (Wildman–Crippen MR) is 81.2 cm³/mol. The number of nitro benzene ring substituents is 1. The average Bonchev–Trinajstić information content (AvgIpc) is 2.41. The summed E-state index contributed by atoms with van der Waals surface area (Å²) in [5.41, 5.74) is 1.07. The first-order valence-corrected chi connectivity index (χ1v) is 7.49. The van der Waals surface area contributed by atoms with Crippen LogP contribution in [0.3, 0.4) is 0 Å². The Balaban J connectivity index is 2.13. The van der Waals surface area contributed by atoms with E-state index in [1.54, 1.807) is 12.1 Å². The summed E-state index contributed by atoms with van der Waals surface area (Å²) in [6.07, 6.45) is 4.51. The number of nitro groups is 1. The van der Waals surface area contributed by atoms with Gasteiger partial charge in [0.1, 0.15) is 0 Å². The Morgan fingerprint density at radius 2 is 2.20 bits per heavy atom. The van der Waals surface area contributed by atoms with Gasteiger partial charge in [-0.2, -0.15) is 0 Å². The third kappa shape index (κ3) is 3.49. The smallest absolute Gasteiger partial charge is 0.270 e. The molecule has 4 nitrogen and oxygen atoms in total. The molecule has 1 aromatic carbocycles. The molecule has 1 N–H and O–H groups in total. The molecular weight excluding hydrogens is 276 g/mol. The Morgan fingerprint density at radius 3 is 2.80 bits per heavy atom. The van der Waals surface area contributed by atoms with E-state index < -0.39 is 4.92 Å². The van der Waals surface area contributed by atoms with Gasteiger partial charge in [-0.05, 0) is 50.1 Å². The molecule has 0 aliphatic heterocycles. The normalized spacial score (nSPS) is 26.4. The Bertz CT molecular complexity index is 493. The summed E-state index contributed by atoms with van der Waals surface area (Å²) in [7, 11) is 2.01. The predicted octanol–water partition coefficient (Wildman–Crippen LogP) is 3.81. The van der Waals surface area contributed by atoms with Crippen LogP contribution in [0, 0.1) is 22.0 Å². The molecule has 5 heteroatoms. The van der Waals surface area contributed by atoms with Crippen LogP contribution in [0.25, 0.3) is 0 Å². The minimum absolute atomic E-state index is 0.0564. The van der Waals surface area contributed by atoms with Gasteiger partial charge in [0, 0.05) is 18.2 Å². The van der Waals surface area contributed by atoms with E-state index in [0.29, 0.717) is 17.0 Å². The van der Waals surface area contributed by atoms with Crippen LogP contribution in [0.1, 0.15) is 31.7 Å². The maximum atomic E-state index is 10.7. The average molecular weight is 297 g/mol. The fourth-order valence-corrected chi connectivity index (χ4v) is 3.45. The highest BCUT2D eigenvalue weighted by atomic mass is 35.5. The zero-order valence-corrected chi connectivity index (χ0v) is 12.7. The monoisotopic (exact) mass is 296 g/mol. The number of halogens is 1. The van der Waals surface area contributed by atoms with Crippen LogP contribution < -0.4 is 5.32 Å². The Hall–Kier alpha value is -1.13. The lowest BCUT2D eigenvalue weighted by atomic mass is 9.76. The largest absolute Gasteiger partial charge is 0.317 e. The van der Waals surface area contributed by atoms with Gasteiger partial charge in [0.05, 0.1) is 9.95 Å². The highest BCUT2D eigenvalue weighted by Gasteiger charge is 2.28. The summed E-state index contributed by atoms with van der Waals surface area (Å²) in [5.74, 6) is 1.28. The minimum Gasteiger partial charge on any atom is -0.317 e. The fraction of sp³-hybridized carbons (Fsp3) is 0.600. The number of hydrogen-bond acceptors (Lipinski definition) is 3. The number of nitrogens with zero attached hydrogens (tertiary/aromatic N) is 1. The van der Waals surface area contributed by atoms with Crippen molar-refractivity contribution in [1.29, 1.82) is 0 Å². The van der Waals surface area contributed by atoms with Crippen LogP contribution >= 0.6 is 11.6 Å². The van der Waals surface area contributed by atoms with E-state index in [1.165, 1.54) is 25.3 Å². The first-order chi connectivity index (χ1) is 9.51. The summed E-state index contributed by atoms with van der Waals surface area (Å²) < 4.78 is 0. The first-order valence-electron chi connectivity index (χ1n) is 7.11. The van der Waals surface area contributed by atoms with Gasteiger partial charge in [-0.15, -0.1) is 0 Å². The number of nitrogens with one attached hydrogen (secondary N) is 1. The van der Waals surface area contributed by atoms with E-state index in [0.717, 1.165) is 17.9 Å². The van der Waals surface area contributed by atoms with Gasteiger partial charge < -0.3 is 5.32 Å². The van der Waals surface area contributed by atoms with Crippen molar-refractivity contribution in [1.82, 2.24) is 5.32 Å². The Morgan fingerprint density at radius 1 is 1.45 bits per heavy atom. The van der Waals surface area contributed by atoms with Gasteiger partial charge in [0.15, 0.2) is 0 Å². The number of hydrogen-bond donors (Lipinski definition) is 1. The van der Waals surface area contributed by atoms with Crippen LogP contribution in [0.5, 0.6) is 0 Å². The van der Waals surface area contributed by atoms with E-state index in [2.05, 4.69) is 12.2 Å². The van der Waals surface area contributed by atoms with Crippen LogP contribution in [-0.4, -0.2) is 18.0 Å². The van der Waals surface area contributed by atoms with Crippen molar-refractivity contribution in [2.45, 2.75) is 38.6 Å². The van der Waals surface area contributed by atoms with Gasteiger partial charge in [0.25, 0.3) is 5.69 Å². The van der Waals surface area contributed by atoms with E-state index in [-0.39, 0.29) is 5.69 Å². The molecule has 1 saturated carbocycles. The molecule has 1 aliphatic rings. The summed E-state index contributed by atoms with van der Waals surface area (Å²) in [4.78, 5) is 10.3. The lowest BCUT2D eigenvalue weighted by molar-refractivity contribution is -0.384. The molecule has 0 spiro atoms. The van der Waals surface area contributed by atoms with E-state index in [9.17, 15) is 10.1 Å². The lowest BCUT2D eigenvalue weighted by Gasteiger charge is -2.35. The van der Waals surface area contributed by atoms with Crippen LogP contribution in [-0.2, 0) is 6.42 Å². The second-order valence-corrected chi connectivity index (χ2v) is 6.22. The maximum absolute atomic E-state index is 10.7. The van der Waals surface area contributed by atoms with Crippen LogP contribution in [0.15, 0.2) is 18.2 Å². The van der Waals surface area contributed by atoms with Gasteiger partial charge in [-0.1, -0.05) is 24.6 Å². The van der Waals surface area contributed by atoms with Gasteiger partial charge in [-0.3, -0.25) is 10.1 Å². The molecule has 3 atom stereocenters.